The SMILES string of the molecule is O=C(NN=Cc1ccc(Br)cc1)C1C2CCC=CCCC21. The maximum atomic E-state index is 12.2. The number of hydrogen-bond donors (Lipinski definition) is 1. The summed E-state index contributed by atoms with van der Waals surface area (Å²) in [5, 5.41) is 4.08. The lowest BCUT2D eigenvalue weighted by Crippen LogP contribution is -2.21. The van der Waals surface area contributed by atoms with Gasteiger partial charge in [-0.1, -0.05) is 40.2 Å². The van der Waals surface area contributed by atoms with E-state index in [1.54, 1.807) is 6.21 Å². The summed E-state index contributed by atoms with van der Waals surface area (Å²) >= 11 is 3.39. The fraction of sp³-hybridized carbons (Fsp3) is 0.412. The van der Waals surface area contributed by atoms with Crippen LogP contribution in [0.2, 0.25) is 0 Å². The maximum absolute atomic E-state index is 12.2. The third-order valence-electron chi connectivity index (χ3n) is 4.39. The van der Waals surface area contributed by atoms with E-state index >= 15 is 0 Å². The zero-order chi connectivity index (χ0) is 14.7. The van der Waals surface area contributed by atoms with Gasteiger partial charge in [-0.3, -0.25) is 4.79 Å². The molecule has 0 heterocycles. The van der Waals surface area contributed by atoms with Crippen LogP contribution in [0.4, 0.5) is 0 Å². The Hall–Kier alpha value is -1.42. The minimum atomic E-state index is 0.0836. The van der Waals surface area contributed by atoms with Crippen LogP contribution in [-0.2, 0) is 4.79 Å². The largest absolute Gasteiger partial charge is 0.273 e. The van der Waals surface area contributed by atoms with Crippen molar-refractivity contribution in [3.05, 3.63) is 46.5 Å². The smallest absolute Gasteiger partial charge is 0.243 e. The summed E-state index contributed by atoms with van der Waals surface area (Å²) in [7, 11) is 0. The molecule has 1 amide bonds. The molecule has 0 aliphatic heterocycles. The number of nitrogens with zero attached hydrogens (tertiary/aromatic N) is 1. The molecule has 1 N–H and O–H groups in total. The zero-order valence-corrected chi connectivity index (χ0v) is 13.4. The van der Waals surface area contributed by atoms with Gasteiger partial charge in [-0.2, -0.15) is 5.10 Å². The van der Waals surface area contributed by atoms with E-state index in [-0.39, 0.29) is 11.8 Å². The summed E-state index contributed by atoms with van der Waals surface area (Å²) in [6.45, 7) is 0. The van der Waals surface area contributed by atoms with Gasteiger partial charge < -0.3 is 0 Å². The highest BCUT2D eigenvalue weighted by molar-refractivity contribution is 9.10. The molecule has 110 valence electrons. The molecule has 2 aliphatic carbocycles. The summed E-state index contributed by atoms with van der Waals surface area (Å²) < 4.78 is 1.03. The molecule has 0 aromatic heterocycles. The molecule has 0 bridgehead atoms. The first-order valence-electron chi connectivity index (χ1n) is 7.49. The number of fused-ring (bicyclic) bond motifs is 1. The molecular weight excluding hydrogens is 328 g/mol. The molecule has 0 saturated heterocycles. The fourth-order valence-corrected chi connectivity index (χ4v) is 3.49. The van der Waals surface area contributed by atoms with Gasteiger partial charge in [0.15, 0.2) is 0 Å². The van der Waals surface area contributed by atoms with Gasteiger partial charge in [0.25, 0.3) is 0 Å². The van der Waals surface area contributed by atoms with E-state index in [9.17, 15) is 4.79 Å². The number of halogens is 1. The van der Waals surface area contributed by atoms with Crippen molar-refractivity contribution >= 4 is 28.1 Å². The van der Waals surface area contributed by atoms with Crippen LogP contribution in [-0.4, -0.2) is 12.1 Å². The molecule has 0 spiro atoms. The molecule has 1 fully saturated rings. The van der Waals surface area contributed by atoms with Gasteiger partial charge in [-0.25, -0.2) is 5.43 Å². The van der Waals surface area contributed by atoms with Crippen LogP contribution in [0.25, 0.3) is 0 Å². The third-order valence-corrected chi connectivity index (χ3v) is 4.92. The number of carbonyl (C=O) groups excluding carboxylic acids is 1. The van der Waals surface area contributed by atoms with Crippen molar-refractivity contribution in [2.24, 2.45) is 22.9 Å². The average molecular weight is 347 g/mol. The van der Waals surface area contributed by atoms with Crippen molar-refractivity contribution in [1.82, 2.24) is 5.43 Å². The second-order valence-corrected chi connectivity index (χ2v) is 6.68. The Kier molecular flexibility index (Phi) is 4.54. The third kappa shape index (κ3) is 3.62. The Morgan fingerprint density at radius 1 is 1.14 bits per heavy atom. The first-order chi connectivity index (χ1) is 10.3. The van der Waals surface area contributed by atoms with Gasteiger partial charge in [0.2, 0.25) is 5.91 Å². The van der Waals surface area contributed by atoms with E-state index in [1.807, 2.05) is 24.3 Å². The van der Waals surface area contributed by atoms with Crippen LogP contribution < -0.4 is 5.43 Å². The number of carbonyl (C=O) groups is 1. The number of hydrazone groups is 1. The van der Waals surface area contributed by atoms with Crippen LogP contribution in [0.3, 0.4) is 0 Å². The van der Waals surface area contributed by atoms with Gasteiger partial charge in [0.05, 0.1) is 6.21 Å². The quantitative estimate of drug-likeness (QED) is 0.503. The van der Waals surface area contributed by atoms with Crippen LogP contribution in [0.5, 0.6) is 0 Å². The zero-order valence-electron chi connectivity index (χ0n) is 11.8. The molecule has 4 heteroatoms. The maximum Gasteiger partial charge on any atom is 0.243 e. The number of nitrogens with one attached hydrogen (secondary N) is 1. The number of amides is 1. The van der Waals surface area contributed by atoms with Crippen molar-refractivity contribution in [2.45, 2.75) is 25.7 Å². The molecule has 1 aromatic rings. The second kappa shape index (κ2) is 6.56. The highest BCUT2D eigenvalue weighted by Gasteiger charge is 2.53. The predicted molar refractivity (Wildman–Crippen MR) is 88.0 cm³/mol. The predicted octanol–water partition coefficient (Wildman–Crippen LogP) is 3.89. The Bertz CT molecular complexity index is 549. The molecule has 2 unspecified atom stereocenters. The van der Waals surface area contributed by atoms with Crippen LogP contribution >= 0.6 is 15.9 Å². The monoisotopic (exact) mass is 346 g/mol. The molecule has 21 heavy (non-hydrogen) atoms. The van der Waals surface area contributed by atoms with E-state index in [1.165, 1.54) is 0 Å². The first kappa shape index (κ1) is 14.5. The van der Waals surface area contributed by atoms with E-state index in [4.69, 9.17) is 0 Å². The summed E-state index contributed by atoms with van der Waals surface area (Å²) in [4.78, 5) is 12.2. The molecule has 1 saturated carbocycles. The van der Waals surface area contributed by atoms with Crippen molar-refractivity contribution in [3.8, 4) is 0 Å². The first-order valence-corrected chi connectivity index (χ1v) is 8.28. The second-order valence-electron chi connectivity index (χ2n) is 5.77. The van der Waals surface area contributed by atoms with Gasteiger partial charge in [0.1, 0.15) is 0 Å². The van der Waals surface area contributed by atoms with Gasteiger partial charge in [-0.15, -0.1) is 0 Å². The minimum Gasteiger partial charge on any atom is -0.273 e. The lowest BCUT2D eigenvalue weighted by molar-refractivity contribution is -0.122. The van der Waals surface area contributed by atoms with Crippen LogP contribution in [0, 0.1) is 17.8 Å². The van der Waals surface area contributed by atoms with E-state index in [2.05, 4.69) is 38.6 Å². The van der Waals surface area contributed by atoms with Crippen molar-refractivity contribution in [1.29, 1.82) is 0 Å². The highest BCUT2D eigenvalue weighted by atomic mass is 79.9. The van der Waals surface area contributed by atoms with Gasteiger partial charge in [-0.05, 0) is 55.2 Å². The lowest BCUT2D eigenvalue weighted by Gasteiger charge is -1.99. The highest BCUT2D eigenvalue weighted by Crippen LogP contribution is 2.52. The number of hydrogen-bond acceptors (Lipinski definition) is 2. The molecule has 3 rings (SSSR count). The normalized spacial score (nSPS) is 27.8. The number of rotatable bonds is 3. The topological polar surface area (TPSA) is 41.5 Å². The molecule has 2 aliphatic rings. The van der Waals surface area contributed by atoms with Crippen LogP contribution in [0.15, 0.2) is 46.0 Å². The van der Waals surface area contributed by atoms with Crippen LogP contribution in [0.1, 0.15) is 31.2 Å². The Balaban J connectivity index is 1.52. The minimum absolute atomic E-state index is 0.0836. The molecule has 1 aromatic carbocycles. The Labute approximate surface area is 133 Å². The molecule has 3 nitrogen and oxygen atoms in total. The average Bonchev–Trinajstić information content (AvgIpc) is 3.12. The summed E-state index contributed by atoms with van der Waals surface area (Å²) in [5.74, 6) is 1.39. The van der Waals surface area contributed by atoms with Gasteiger partial charge in [0, 0.05) is 10.4 Å². The molecule has 0 radical (unpaired) electrons. The summed E-state index contributed by atoms with van der Waals surface area (Å²) in [5.41, 5.74) is 3.68. The van der Waals surface area contributed by atoms with Crippen molar-refractivity contribution < 1.29 is 4.79 Å². The summed E-state index contributed by atoms with van der Waals surface area (Å²) in [6, 6.07) is 7.82. The lowest BCUT2D eigenvalue weighted by atomic mass is 10.1. The van der Waals surface area contributed by atoms with Crippen molar-refractivity contribution in [2.75, 3.05) is 0 Å². The van der Waals surface area contributed by atoms with Crippen molar-refractivity contribution in [3.63, 3.8) is 0 Å². The van der Waals surface area contributed by atoms with E-state index in [0.29, 0.717) is 11.8 Å². The Morgan fingerprint density at radius 3 is 2.38 bits per heavy atom. The molecular formula is C17H19BrN2O. The van der Waals surface area contributed by atoms with E-state index < -0.39 is 0 Å². The standard InChI is InChI=1S/C17H19BrN2O/c18-13-9-7-12(8-10-13)11-19-20-17(21)16-14-5-3-1-2-4-6-15(14)16/h1-2,7-11,14-16H,3-6H2,(H,20,21). The van der Waals surface area contributed by atoms with E-state index in [0.717, 1.165) is 35.7 Å². The fourth-order valence-electron chi connectivity index (χ4n) is 3.23. The molecule has 2 atom stereocenters. The number of benzene rings is 1. The number of allylic oxidation sites excluding steroid dienone is 2. The van der Waals surface area contributed by atoms with Gasteiger partial charge >= 0.3 is 0 Å². The summed E-state index contributed by atoms with van der Waals surface area (Å²) in [6.07, 6.45) is 10.7. The Morgan fingerprint density at radius 2 is 1.76 bits per heavy atom.